The lowest BCUT2D eigenvalue weighted by Gasteiger charge is -2.12. The quantitative estimate of drug-likeness (QED) is 0.752. The molecular weight excluding hydrogens is 174 g/mol. The van der Waals surface area contributed by atoms with Crippen LogP contribution in [0, 0.1) is 5.92 Å². The van der Waals surface area contributed by atoms with Gasteiger partial charge in [-0.25, -0.2) is 0 Å². The van der Waals surface area contributed by atoms with Gasteiger partial charge in [-0.2, -0.15) is 0 Å². The van der Waals surface area contributed by atoms with Crippen LogP contribution in [0.1, 0.15) is 31.7 Å². The summed E-state index contributed by atoms with van der Waals surface area (Å²) in [5.41, 5.74) is 1.22. The minimum Gasteiger partial charge on any atom is -0.396 e. The molecule has 1 aromatic heterocycles. The standard InChI is InChI=1S/C12H19NO/c1-2-3-5-12(10-14)8-11-6-4-7-13-9-11/h4,6-7,9,12,14H,2-3,5,8,10H2,1H3. The summed E-state index contributed by atoms with van der Waals surface area (Å²) in [5, 5.41) is 9.19. The molecule has 0 aliphatic carbocycles. The number of nitrogens with zero attached hydrogens (tertiary/aromatic N) is 1. The predicted molar refractivity (Wildman–Crippen MR) is 58.0 cm³/mol. The van der Waals surface area contributed by atoms with Crippen LogP contribution in [0.4, 0.5) is 0 Å². The summed E-state index contributed by atoms with van der Waals surface area (Å²) in [6.45, 7) is 2.47. The molecule has 1 unspecified atom stereocenters. The first-order chi connectivity index (χ1) is 6.86. The van der Waals surface area contributed by atoms with Crippen molar-refractivity contribution >= 4 is 0 Å². The molecule has 1 rings (SSSR count). The molecule has 0 amide bonds. The van der Waals surface area contributed by atoms with Gasteiger partial charge in [0.05, 0.1) is 0 Å². The zero-order chi connectivity index (χ0) is 10.2. The fourth-order valence-electron chi connectivity index (χ4n) is 1.60. The highest BCUT2D eigenvalue weighted by atomic mass is 16.3. The van der Waals surface area contributed by atoms with E-state index in [9.17, 15) is 5.11 Å². The van der Waals surface area contributed by atoms with Gasteiger partial charge < -0.3 is 5.11 Å². The van der Waals surface area contributed by atoms with E-state index in [1.54, 1.807) is 6.20 Å². The maximum absolute atomic E-state index is 9.19. The number of hydrogen-bond acceptors (Lipinski definition) is 2. The molecular formula is C12H19NO. The van der Waals surface area contributed by atoms with Gasteiger partial charge in [0.15, 0.2) is 0 Å². The van der Waals surface area contributed by atoms with Gasteiger partial charge in [0, 0.05) is 19.0 Å². The summed E-state index contributed by atoms with van der Waals surface area (Å²) >= 11 is 0. The van der Waals surface area contributed by atoms with E-state index in [0.717, 1.165) is 12.8 Å². The second-order valence-electron chi connectivity index (χ2n) is 3.76. The van der Waals surface area contributed by atoms with Gasteiger partial charge >= 0.3 is 0 Å². The van der Waals surface area contributed by atoms with Crippen molar-refractivity contribution in [3.8, 4) is 0 Å². The highest BCUT2D eigenvalue weighted by Gasteiger charge is 2.07. The van der Waals surface area contributed by atoms with Crippen molar-refractivity contribution in [3.63, 3.8) is 0 Å². The molecule has 0 radical (unpaired) electrons. The first-order valence-corrected chi connectivity index (χ1v) is 5.36. The number of pyridine rings is 1. The van der Waals surface area contributed by atoms with E-state index in [1.165, 1.54) is 18.4 Å². The van der Waals surface area contributed by atoms with Gasteiger partial charge in [-0.15, -0.1) is 0 Å². The molecule has 0 saturated carbocycles. The SMILES string of the molecule is CCCCC(CO)Cc1cccnc1. The van der Waals surface area contributed by atoms with Gasteiger partial charge in [0.2, 0.25) is 0 Å². The van der Waals surface area contributed by atoms with Crippen LogP contribution in [-0.4, -0.2) is 16.7 Å². The Morgan fingerprint density at radius 3 is 2.93 bits per heavy atom. The molecule has 0 fully saturated rings. The van der Waals surface area contributed by atoms with Gasteiger partial charge in [-0.3, -0.25) is 4.98 Å². The zero-order valence-corrected chi connectivity index (χ0v) is 8.82. The summed E-state index contributed by atoms with van der Waals surface area (Å²) in [7, 11) is 0. The third-order valence-electron chi connectivity index (χ3n) is 2.47. The lowest BCUT2D eigenvalue weighted by Crippen LogP contribution is -2.09. The van der Waals surface area contributed by atoms with Crippen LogP contribution in [0.5, 0.6) is 0 Å². The summed E-state index contributed by atoms with van der Waals surface area (Å²) in [6.07, 6.45) is 8.12. The third-order valence-corrected chi connectivity index (χ3v) is 2.47. The van der Waals surface area contributed by atoms with Gasteiger partial charge in [0.1, 0.15) is 0 Å². The molecule has 0 aromatic carbocycles. The molecule has 0 bridgehead atoms. The van der Waals surface area contributed by atoms with E-state index >= 15 is 0 Å². The average Bonchev–Trinajstić information content (AvgIpc) is 2.25. The summed E-state index contributed by atoms with van der Waals surface area (Å²) in [5.74, 6) is 0.402. The van der Waals surface area contributed by atoms with Crippen LogP contribution >= 0.6 is 0 Å². The van der Waals surface area contributed by atoms with E-state index in [0.29, 0.717) is 5.92 Å². The fourth-order valence-corrected chi connectivity index (χ4v) is 1.60. The maximum atomic E-state index is 9.19. The van der Waals surface area contributed by atoms with Crippen LogP contribution in [0.25, 0.3) is 0 Å². The third kappa shape index (κ3) is 3.88. The molecule has 1 heterocycles. The largest absolute Gasteiger partial charge is 0.396 e. The van der Waals surface area contributed by atoms with Crippen LogP contribution in [0.15, 0.2) is 24.5 Å². The summed E-state index contributed by atoms with van der Waals surface area (Å²) in [4.78, 5) is 4.07. The van der Waals surface area contributed by atoms with Crippen molar-refractivity contribution in [2.24, 2.45) is 5.92 Å². The number of aliphatic hydroxyl groups excluding tert-OH is 1. The normalized spacial score (nSPS) is 12.7. The second kappa shape index (κ2) is 6.55. The van der Waals surface area contributed by atoms with Crippen molar-refractivity contribution in [1.29, 1.82) is 0 Å². The molecule has 2 nitrogen and oxygen atoms in total. The van der Waals surface area contributed by atoms with E-state index in [2.05, 4.69) is 18.0 Å². The topological polar surface area (TPSA) is 33.1 Å². The molecule has 0 spiro atoms. The van der Waals surface area contributed by atoms with Gasteiger partial charge in [-0.05, 0) is 30.4 Å². The molecule has 2 heteroatoms. The van der Waals surface area contributed by atoms with Crippen molar-refractivity contribution in [2.45, 2.75) is 32.6 Å². The first-order valence-electron chi connectivity index (χ1n) is 5.36. The Labute approximate surface area is 86.0 Å². The number of rotatable bonds is 6. The molecule has 0 aliphatic rings. The molecule has 78 valence electrons. The van der Waals surface area contributed by atoms with E-state index in [1.807, 2.05) is 12.3 Å². The van der Waals surface area contributed by atoms with Crippen molar-refractivity contribution in [1.82, 2.24) is 4.98 Å². The number of hydrogen-bond donors (Lipinski definition) is 1. The van der Waals surface area contributed by atoms with Crippen molar-refractivity contribution in [2.75, 3.05) is 6.61 Å². The van der Waals surface area contributed by atoms with Crippen molar-refractivity contribution in [3.05, 3.63) is 30.1 Å². The smallest absolute Gasteiger partial charge is 0.0462 e. The lowest BCUT2D eigenvalue weighted by atomic mass is 9.96. The Hall–Kier alpha value is -0.890. The zero-order valence-electron chi connectivity index (χ0n) is 8.82. The molecule has 1 atom stereocenters. The Bertz CT molecular complexity index is 235. The molecule has 0 aliphatic heterocycles. The van der Waals surface area contributed by atoms with Crippen LogP contribution in [-0.2, 0) is 6.42 Å². The first kappa shape index (κ1) is 11.2. The molecule has 0 saturated heterocycles. The Balaban J connectivity index is 2.40. The maximum Gasteiger partial charge on any atom is 0.0462 e. The Kier molecular flexibility index (Phi) is 5.23. The minimum atomic E-state index is 0.287. The fraction of sp³-hybridized carbons (Fsp3) is 0.583. The van der Waals surface area contributed by atoms with Gasteiger partial charge in [0.25, 0.3) is 0 Å². The Morgan fingerprint density at radius 1 is 1.50 bits per heavy atom. The number of unbranched alkanes of at least 4 members (excludes halogenated alkanes) is 1. The Morgan fingerprint density at radius 2 is 2.36 bits per heavy atom. The average molecular weight is 193 g/mol. The van der Waals surface area contributed by atoms with Crippen LogP contribution in [0.2, 0.25) is 0 Å². The summed E-state index contributed by atoms with van der Waals surface area (Å²) < 4.78 is 0. The predicted octanol–water partition coefficient (Wildman–Crippen LogP) is 2.42. The molecule has 1 aromatic rings. The number of aliphatic hydroxyl groups is 1. The highest BCUT2D eigenvalue weighted by molar-refractivity contribution is 5.09. The molecule has 14 heavy (non-hydrogen) atoms. The minimum absolute atomic E-state index is 0.287. The summed E-state index contributed by atoms with van der Waals surface area (Å²) in [6, 6.07) is 4.02. The highest BCUT2D eigenvalue weighted by Crippen LogP contribution is 2.13. The van der Waals surface area contributed by atoms with E-state index in [4.69, 9.17) is 0 Å². The monoisotopic (exact) mass is 193 g/mol. The van der Waals surface area contributed by atoms with Crippen LogP contribution in [0.3, 0.4) is 0 Å². The van der Waals surface area contributed by atoms with Gasteiger partial charge in [-0.1, -0.05) is 25.8 Å². The van der Waals surface area contributed by atoms with Crippen LogP contribution < -0.4 is 0 Å². The molecule has 1 N–H and O–H groups in total. The van der Waals surface area contributed by atoms with E-state index < -0.39 is 0 Å². The van der Waals surface area contributed by atoms with E-state index in [-0.39, 0.29) is 6.61 Å². The lowest BCUT2D eigenvalue weighted by molar-refractivity contribution is 0.215. The number of aromatic nitrogens is 1. The van der Waals surface area contributed by atoms with Crippen molar-refractivity contribution < 1.29 is 5.11 Å². The second-order valence-corrected chi connectivity index (χ2v) is 3.76.